The van der Waals surface area contributed by atoms with Crippen LogP contribution in [0.5, 0.6) is 0 Å². The highest BCUT2D eigenvalue weighted by Crippen LogP contribution is 2.41. The minimum atomic E-state index is -3.33. The molecule has 0 aromatic carbocycles. The Bertz CT molecular complexity index is 445. The third kappa shape index (κ3) is 1.57. The van der Waals surface area contributed by atoms with Crippen LogP contribution in [0.25, 0.3) is 0 Å². The molecule has 0 atom stereocenters. The summed E-state index contributed by atoms with van der Waals surface area (Å²) in [6.45, 7) is 3.41. The van der Waals surface area contributed by atoms with Gasteiger partial charge in [-0.2, -0.15) is 10.3 Å². The van der Waals surface area contributed by atoms with Crippen molar-refractivity contribution in [3.63, 3.8) is 0 Å². The van der Waals surface area contributed by atoms with Gasteiger partial charge in [-0.1, -0.05) is 6.08 Å². The molecule has 0 aliphatic heterocycles. The maximum Gasteiger partial charge on any atom is 0.202 e. The molecule has 0 spiro atoms. The predicted octanol–water partition coefficient (Wildman–Crippen LogP) is 0.642. The number of nitrogens with zero attached hydrogens (tertiary/aromatic N) is 2. The molecule has 1 N–H and O–H groups in total. The van der Waals surface area contributed by atoms with Crippen molar-refractivity contribution in [2.24, 2.45) is 0 Å². The third-order valence-electron chi connectivity index (χ3n) is 2.14. The number of aromatic amines is 1. The lowest BCUT2D eigenvalue weighted by Crippen LogP contribution is -2.07. The van der Waals surface area contributed by atoms with Crippen LogP contribution in [0.2, 0.25) is 0 Å². The number of nitrogens with one attached hydrogen (secondary N) is 1. The number of rotatable bonds is 4. The predicted molar refractivity (Wildman–Crippen MR) is 50.6 cm³/mol. The van der Waals surface area contributed by atoms with Crippen LogP contribution in [0.4, 0.5) is 0 Å². The highest BCUT2D eigenvalue weighted by atomic mass is 32.2. The van der Waals surface area contributed by atoms with Crippen LogP contribution in [0.1, 0.15) is 24.5 Å². The van der Waals surface area contributed by atoms with Crippen molar-refractivity contribution in [3.8, 4) is 0 Å². The normalized spacial score (nSPS) is 16.9. The molecule has 0 amide bonds. The summed E-state index contributed by atoms with van der Waals surface area (Å²) in [5, 5.41) is 10.0. The zero-order valence-electron chi connectivity index (χ0n) is 7.60. The van der Waals surface area contributed by atoms with Gasteiger partial charge in [0.15, 0.2) is 0 Å². The fourth-order valence-corrected chi connectivity index (χ4v) is 2.49. The molecule has 0 bridgehead atoms. The quantitative estimate of drug-likeness (QED) is 0.745. The van der Waals surface area contributed by atoms with E-state index >= 15 is 0 Å². The minimum Gasteiger partial charge on any atom is -0.222 e. The van der Waals surface area contributed by atoms with Gasteiger partial charge in [-0.25, -0.2) is 8.42 Å². The number of aromatic nitrogens is 3. The van der Waals surface area contributed by atoms with Gasteiger partial charge in [0.05, 0.1) is 5.75 Å². The first kappa shape index (κ1) is 9.39. The van der Waals surface area contributed by atoms with Crippen molar-refractivity contribution >= 4 is 9.84 Å². The minimum absolute atomic E-state index is 0.0841. The number of sulfone groups is 1. The largest absolute Gasteiger partial charge is 0.222 e. The standard InChI is InChI=1S/C8H11N3O2S/c1-2-5-14(12,13)8-7(6-3-4-6)9-11-10-8/h2,6H,1,3-5H2,(H,9,10,11). The Kier molecular flexibility index (Phi) is 2.14. The van der Waals surface area contributed by atoms with Crippen molar-refractivity contribution < 1.29 is 8.42 Å². The monoisotopic (exact) mass is 213 g/mol. The van der Waals surface area contributed by atoms with Crippen LogP contribution < -0.4 is 0 Å². The lowest BCUT2D eigenvalue weighted by Gasteiger charge is -1.97. The van der Waals surface area contributed by atoms with Gasteiger partial charge < -0.3 is 0 Å². The zero-order chi connectivity index (χ0) is 10.2. The van der Waals surface area contributed by atoms with Gasteiger partial charge >= 0.3 is 0 Å². The lowest BCUT2D eigenvalue weighted by atomic mass is 10.3. The summed E-state index contributed by atoms with van der Waals surface area (Å²) in [5.41, 5.74) is 0.590. The van der Waals surface area contributed by atoms with E-state index in [0.29, 0.717) is 5.69 Å². The van der Waals surface area contributed by atoms with Crippen LogP contribution in [-0.2, 0) is 9.84 Å². The average Bonchev–Trinajstić information content (AvgIpc) is 2.83. The molecule has 0 radical (unpaired) electrons. The van der Waals surface area contributed by atoms with Crippen LogP contribution in [0.15, 0.2) is 17.7 Å². The topological polar surface area (TPSA) is 75.7 Å². The van der Waals surface area contributed by atoms with Crippen LogP contribution >= 0.6 is 0 Å². The molecular formula is C8H11N3O2S. The van der Waals surface area contributed by atoms with Crippen LogP contribution in [0.3, 0.4) is 0 Å². The molecule has 1 saturated carbocycles. The first-order valence-corrected chi connectivity index (χ1v) is 6.04. The summed E-state index contributed by atoms with van der Waals surface area (Å²) in [4.78, 5) is 0. The Morgan fingerprint density at radius 3 is 2.79 bits per heavy atom. The summed E-state index contributed by atoms with van der Waals surface area (Å²) in [6, 6.07) is 0. The van der Waals surface area contributed by atoms with Crippen molar-refractivity contribution in [2.45, 2.75) is 23.8 Å². The van der Waals surface area contributed by atoms with Crippen molar-refractivity contribution in [2.75, 3.05) is 5.75 Å². The molecule has 5 nitrogen and oxygen atoms in total. The Morgan fingerprint density at radius 1 is 1.50 bits per heavy atom. The Balaban J connectivity index is 2.39. The summed E-state index contributed by atoms with van der Waals surface area (Å²) in [5.74, 6) is 0.197. The van der Waals surface area contributed by atoms with Crippen LogP contribution in [0, 0.1) is 0 Å². The molecule has 14 heavy (non-hydrogen) atoms. The fraction of sp³-hybridized carbons (Fsp3) is 0.500. The molecule has 1 aliphatic rings. The zero-order valence-corrected chi connectivity index (χ0v) is 8.42. The number of hydrogen-bond donors (Lipinski definition) is 1. The number of H-pyrrole nitrogens is 1. The van der Waals surface area contributed by atoms with Gasteiger partial charge in [0.25, 0.3) is 0 Å². The summed E-state index contributed by atoms with van der Waals surface area (Å²) in [6.07, 6.45) is 3.37. The first-order valence-electron chi connectivity index (χ1n) is 4.39. The summed E-state index contributed by atoms with van der Waals surface area (Å²) in [7, 11) is -3.33. The molecule has 2 rings (SSSR count). The van der Waals surface area contributed by atoms with E-state index in [1.165, 1.54) is 6.08 Å². The maximum atomic E-state index is 11.7. The highest BCUT2D eigenvalue weighted by molar-refractivity contribution is 7.91. The fourth-order valence-electron chi connectivity index (χ4n) is 1.32. The van der Waals surface area contributed by atoms with E-state index in [2.05, 4.69) is 22.0 Å². The van der Waals surface area contributed by atoms with E-state index in [9.17, 15) is 8.42 Å². The number of hydrogen-bond acceptors (Lipinski definition) is 4. The highest BCUT2D eigenvalue weighted by Gasteiger charge is 2.33. The Hall–Kier alpha value is -1.17. The average molecular weight is 213 g/mol. The molecule has 1 aromatic heterocycles. The Morgan fingerprint density at radius 2 is 2.21 bits per heavy atom. The van der Waals surface area contributed by atoms with Gasteiger partial charge in [-0.15, -0.1) is 11.7 Å². The smallest absolute Gasteiger partial charge is 0.202 e. The lowest BCUT2D eigenvalue weighted by molar-refractivity contribution is 0.593. The third-order valence-corrected chi connectivity index (χ3v) is 3.70. The molecule has 6 heteroatoms. The molecule has 1 aromatic rings. The van der Waals surface area contributed by atoms with E-state index in [1.54, 1.807) is 0 Å². The second-order valence-corrected chi connectivity index (χ2v) is 5.31. The van der Waals surface area contributed by atoms with E-state index in [0.717, 1.165) is 12.8 Å². The molecule has 1 fully saturated rings. The summed E-state index contributed by atoms with van der Waals surface area (Å²) >= 11 is 0. The van der Waals surface area contributed by atoms with Crippen molar-refractivity contribution in [3.05, 3.63) is 18.3 Å². The maximum absolute atomic E-state index is 11.7. The molecule has 76 valence electrons. The molecule has 1 heterocycles. The van der Waals surface area contributed by atoms with Crippen molar-refractivity contribution in [1.82, 2.24) is 15.4 Å². The molecular weight excluding hydrogens is 202 g/mol. The molecule has 0 unspecified atom stereocenters. The van der Waals surface area contributed by atoms with Crippen LogP contribution in [-0.4, -0.2) is 29.6 Å². The van der Waals surface area contributed by atoms with E-state index in [1.807, 2.05) is 0 Å². The SMILES string of the molecule is C=CCS(=O)(=O)c1n[nH]nc1C1CC1. The van der Waals surface area contributed by atoms with E-state index in [-0.39, 0.29) is 16.7 Å². The molecule has 1 aliphatic carbocycles. The van der Waals surface area contributed by atoms with Gasteiger partial charge in [0.2, 0.25) is 14.9 Å². The van der Waals surface area contributed by atoms with Crippen molar-refractivity contribution in [1.29, 1.82) is 0 Å². The van der Waals surface area contributed by atoms with E-state index in [4.69, 9.17) is 0 Å². The second kappa shape index (κ2) is 3.20. The summed E-state index contributed by atoms with van der Waals surface area (Å²) < 4.78 is 23.3. The van der Waals surface area contributed by atoms with Gasteiger partial charge in [0, 0.05) is 5.92 Å². The van der Waals surface area contributed by atoms with E-state index < -0.39 is 9.84 Å². The van der Waals surface area contributed by atoms with Gasteiger partial charge in [-0.3, -0.25) is 0 Å². The van der Waals surface area contributed by atoms with Gasteiger partial charge in [0.1, 0.15) is 5.69 Å². The first-order chi connectivity index (χ1) is 6.65. The molecule has 0 saturated heterocycles. The Labute approximate surface area is 82.1 Å². The van der Waals surface area contributed by atoms with Gasteiger partial charge in [-0.05, 0) is 12.8 Å². The second-order valence-electron chi connectivity index (χ2n) is 3.36.